The number of hydrogen-bond donors (Lipinski definition) is 0. The Labute approximate surface area is 156 Å². The fraction of sp³-hybridized carbons (Fsp3) is 0.0909. The van der Waals surface area contributed by atoms with E-state index in [2.05, 4.69) is 11.1 Å². The number of pyridine rings is 1. The Balaban J connectivity index is 1.64. The van der Waals surface area contributed by atoms with Crippen molar-refractivity contribution in [2.75, 3.05) is 0 Å². The van der Waals surface area contributed by atoms with Gasteiger partial charge in [-0.15, -0.1) is 0 Å². The van der Waals surface area contributed by atoms with Crippen LogP contribution in [-0.4, -0.2) is 15.3 Å². The summed E-state index contributed by atoms with van der Waals surface area (Å²) in [5.41, 5.74) is 4.41. The van der Waals surface area contributed by atoms with Crippen molar-refractivity contribution in [3.8, 4) is 0 Å². The highest BCUT2D eigenvalue weighted by Gasteiger charge is 2.13. The van der Waals surface area contributed by atoms with Crippen LogP contribution in [-0.2, 0) is 6.54 Å². The van der Waals surface area contributed by atoms with Gasteiger partial charge in [-0.3, -0.25) is 9.78 Å². The summed E-state index contributed by atoms with van der Waals surface area (Å²) < 4.78 is 1.96. The van der Waals surface area contributed by atoms with Crippen molar-refractivity contribution >= 4 is 28.3 Å². The summed E-state index contributed by atoms with van der Waals surface area (Å²) in [6, 6.07) is 19.2. The molecule has 0 saturated carbocycles. The number of rotatable bonds is 4. The topological polar surface area (TPSA) is 34.9 Å². The van der Waals surface area contributed by atoms with Gasteiger partial charge in [0.1, 0.15) is 0 Å². The molecule has 4 rings (SSSR count). The monoisotopic (exact) mass is 360 g/mol. The van der Waals surface area contributed by atoms with Crippen LogP contribution in [0.15, 0.2) is 73.1 Å². The average molecular weight is 361 g/mol. The lowest BCUT2D eigenvalue weighted by Crippen LogP contribution is -2.10. The molecule has 3 nitrogen and oxygen atoms in total. The second kappa shape index (κ2) is 6.77. The van der Waals surface area contributed by atoms with Crippen molar-refractivity contribution in [1.29, 1.82) is 0 Å². The van der Waals surface area contributed by atoms with E-state index in [0.29, 0.717) is 22.8 Å². The standard InChI is InChI=1S/C22H17ClN2O/c1-15-4-6-17(7-5-15)22(26)21-3-2-10-25(21)14-16-11-18-8-9-19(23)12-20(18)24-13-16/h2-13H,14H2,1H3. The van der Waals surface area contributed by atoms with E-state index in [1.54, 1.807) is 0 Å². The molecule has 4 aromatic rings. The van der Waals surface area contributed by atoms with Crippen molar-refractivity contribution < 1.29 is 4.79 Å². The molecule has 0 atom stereocenters. The van der Waals surface area contributed by atoms with Crippen molar-refractivity contribution in [3.05, 3.63) is 100 Å². The molecule has 0 aliphatic heterocycles. The van der Waals surface area contributed by atoms with E-state index >= 15 is 0 Å². The van der Waals surface area contributed by atoms with Gasteiger partial charge in [-0.2, -0.15) is 0 Å². The summed E-state index contributed by atoms with van der Waals surface area (Å²) >= 11 is 6.02. The largest absolute Gasteiger partial charge is 0.340 e. The number of hydrogen-bond acceptors (Lipinski definition) is 2. The Hall–Kier alpha value is -2.91. The van der Waals surface area contributed by atoms with E-state index in [1.165, 1.54) is 0 Å². The van der Waals surface area contributed by atoms with Gasteiger partial charge in [0, 0.05) is 34.9 Å². The predicted molar refractivity (Wildman–Crippen MR) is 105 cm³/mol. The van der Waals surface area contributed by atoms with Gasteiger partial charge in [-0.25, -0.2) is 0 Å². The van der Waals surface area contributed by atoms with Crippen LogP contribution < -0.4 is 0 Å². The first-order valence-electron chi connectivity index (χ1n) is 8.41. The van der Waals surface area contributed by atoms with Gasteiger partial charge < -0.3 is 4.57 Å². The van der Waals surface area contributed by atoms with E-state index < -0.39 is 0 Å². The predicted octanol–water partition coefficient (Wildman–Crippen LogP) is 5.28. The summed E-state index contributed by atoms with van der Waals surface area (Å²) in [7, 11) is 0. The Morgan fingerprint density at radius 2 is 1.88 bits per heavy atom. The van der Waals surface area contributed by atoms with Crippen LogP contribution >= 0.6 is 11.6 Å². The molecule has 0 fully saturated rings. The van der Waals surface area contributed by atoms with Crippen molar-refractivity contribution in [2.24, 2.45) is 0 Å². The molecule has 0 amide bonds. The molecule has 0 unspecified atom stereocenters. The van der Waals surface area contributed by atoms with Gasteiger partial charge in [0.2, 0.25) is 5.78 Å². The van der Waals surface area contributed by atoms with Gasteiger partial charge in [-0.05, 0) is 42.8 Å². The minimum atomic E-state index is 0.0236. The van der Waals surface area contributed by atoms with E-state index in [9.17, 15) is 4.79 Å². The van der Waals surface area contributed by atoms with Crippen molar-refractivity contribution in [3.63, 3.8) is 0 Å². The second-order valence-electron chi connectivity index (χ2n) is 6.40. The first-order valence-corrected chi connectivity index (χ1v) is 8.79. The Morgan fingerprint density at radius 1 is 1.08 bits per heavy atom. The normalized spacial score (nSPS) is 11.0. The fourth-order valence-electron chi connectivity index (χ4n) is 3.03. The van der Waals surface area contributed by atoms with Crippen LogP contribution in [0.25, 0.3) is 10.9 Å². The molecule has 0 radical (unpaired) electrons. The number of aryl methyl sites for hydroxylation is 1. The third-order valence-corrected chi connectivity index (χ3v) is 4.67. The molecule has 2 aromatic heterocycles. The summed E-state index contributed by atoms with van der Waals surface area (Å²) in [5.74, 6) is 0.0236. The lowest BCUT2D eigenvalue weighted by atomic mass is 10.1. The number of aromatic nitrogens is 2. The minimum absolute atomic E-state index is 0.0236. The number of halogens is 1. The van der Waals surface area contributed by atoms with Crippen LogP contribution in [0.3, 0.4) is 0 Å². The molecule has 128 valence electrons. The Kier molecular flexibility index (Phi) is 4.31. The highest BCUT2D eigenvalue weighted by Crippen LogP contribution is 2.20. The van der Waals surface area contributed by atoms with Crippen LogP contribution in [0, 0.1) is 6.92 Å². The number of nitrogens with zero attached hydrogens (tertiary/aromatic N) is 2. The molecule has 4 heteroatoms. The van der Waals surface area contributed by atoms with Crippen molar-refractivity contribution in [1.82, 2.24) is 9.55 Å². The van der Waals surface area contributed by atoms with E-state index in [0.717, 1.165) is 22.0 Å². The quantitative estimate of drug-likeness (QED) is 0.464. The first kappa shape index (κ1) is 16.6. The molecular formula is C22H17ClN2O. The molecule has 2 aromatic carbocycles. The van der Waals surface area contributed by atoms with Crippen LogP contribution in [0.5, 0.6) is 0 Å². The zero-order valence-electron chi connectivity index (χ0n) is 14.3. The fourth-order valence-corrected chi connectivity index (χ4v) is 3.20. The van der Waals surface area contributed by atoms with Crippen LogP contribution in [0.4, 0.5) is 0 Å². The highest BCUT2D eigenvalue weighted by atomic mass is 35.5. The lowest BCUT2D eigenvalue weighted by molar-refractivity contribution is 0.103. The number of benzene rings is 2. The minimum Gasteiger partial charge on any atom is -0.340 e. The first-order chi connectivity index (χ1) is 12.6. The maximum absolute atomic E-state index is 12.8. The number of ketones is 1. The number of carbonyl (C=O) groups excluding carboxylic acids is 1. The second-order valence-corrected chi connectivity index (χ2v) is 6.83. The molecule has 0 aliphatic carbocycles. The molecule has 0 saturated heterocycles. The third kappa shape index (κ3) is 3.26. The zero-order chi connectivity index (χ0) is 18.1. The highest BCUT2D eigenvalue weighted by molar-refractivity contribution is 6.31. The third-order valence-electron chi connectivity index (χ3n) is 4.43. The van der Waals surface area contributed by atoms with Crippen LogP contribution in [0.2, 0.25) is 5.02 Å². The molecule has 0 bridgehead atoms. The smallest absolute Gasteiger partial charge is 0.209 e. The van der Waals surface area contributed by atoms with Crippen LogP contribution in [0.1, 0.15) is 27.2 Å². The summed E-state index contributed by atoms with van der Waals surface area (Å²) in [6.07, 6.45) is 3.76. The molecule has 2 heterocycles. The Bertz CT molecular complexity index is 1100. The van der Waals surface area contributed by atoms with E-state index in [1.807, 2.05) is 78.5 Å². The maximum Gasteiger partial charge on any atom is 0.209 e. The zero-order valence-corrected chi connectivity index (χ0v) is 15.1. The molecule has 0 aliphatic rings. The average Bonchev–Trinajstić information content (AvgIpc) is 3.10. The van der Waals surface area contributed by atoms with Gasteiger partial charge in [-0.1, -0.05) is 47.5 Å². The summed E-state index contributed by atoms with van der Waals surface area (Å²) in [4.78, 5) is 17.3. The molecule has 0 N–H and O–H groups in total. The van der Waals surface area contributed by atoms with Crippen molar-refractivity contribution in [2.45, 2.75) is 13.5 Å². The maximum atomic E-state index is 12.8. The summed E-state index contributed by atoms with van der Waals surface area (Å²) in [6.45, 7) is 2.60. The van der Waals surface area contributed by atoms with Gasteiger partial charge in [0.05, 0.1) is 11.2 Å². The lowest BCUT2D eigenvalue weighted by Gasteiger charge is -2.10. The molecule has 26 heavy (non-hydrogen) atoms. The number of carbonyl (C=O) groups is 1. The van der Waals surface area contributed by atoms with E-state index in [4.69, 9.17) is 11.6 Å². The van der Waals surface area contributed by atoms with Gasteiger partial charge in [0.15, 0.2) is 0 Å². The summed E-state index contributed by atoms with van der Waals surface area (Å²) in [5, 5.41) is 1.71. The SMILES string of the molecule is Cc1ccc(C(=O)c2cccn2Cc2cnc3cc(Cl)ccc3c2)cc1. The molecular weight excluding hydrogens is 344 g/mol. The van der Waals surface area contributed by atoms with E-state index in [-0.39, 0.29) is 5.78 Å². The number of fused-ring (bicyclic) bond motifs is 1. The molecule has 0 spiro atoms. The van der Waals surface area contributed by atoms with Gasteiger partial charge in [0.25, 0.3) is 0 Å². The van der Waals surface area contributed by atoms with Gasteiger partial charge >= 0.3 is 0 Å². The Morgan fingerprint density at radius 3 is 2.69 bits per heavy atom.